The number of amides is 1. The van der Waals surface area contributed by atoms with Crippen molar-refractivity contribution in [3.8, 4) is 28.7 Å². The third kappa shape index (κ3) is 5.48. The molecule has 9 nitrogen and oxygen atoms in total. The number of benzene rings is 2. The van der Waals surface area contributed by atoms with Gasteiger partial charge in [0, 0.05) is 24.1 Å². The number of aromatic hydroxyl groups is 1. The highest BCUT2D eigenvalue weighted by atomic mass is 19.4. The van der Waals surface area contributed by atoms with Crippen LogP contribution in [0, 0.1) is 6.92 Å². The molecule has 1 atom stereocenters. The van der Waals surface area contributed by atoms with Crippen molar-refractivity contribution in [1.29, 1.82) is 0 Å². The number of alkyl halides is 3. The summed E-state index contributed by atoms with van der Waals surface area (Å²) in [6, 6.07) is 8.92. The number of methoxy groups -OCH3 is 1. The van der Waals surface area contributed by atoms with Gasteiger partial charge in [-0.3, -0.25) is 4.79 Å². The van der Waals surface area contributed by atoms with Crippen molar-refractivity contribution < 1.29 is 46.4 Å². The number of halogens is 3. The molecule has 190 valence electrons. The fraction of sp³-hybridized carbons (Fsp3) is 0.250. The molecule has 3 aromatic rings. The third-order valence-electron chi connectivity index (χ3n) is 5.28. The first-order valence-corrected chi connectivity index (χ1v) is 10.5. The van der Waals surface area contributed by atoms with Crippen molar-refractivity contribution in [3.05, 3.63) is 69.8 Å². The van der Waals surface area contributed by atoms with Crippen LogP contribution in [0.4, 0.5) is 18.9 Å². The summed E-state index contributed by atoms with van der Waals surface area (Å²) in [5, 5.41) is 13.1. The van der Waals surface area contributed by atoms with Crippen molar-refractivity contribution in [2.75, 3.05) is 19.2 Å². The summed E-state index contributed by atoms with van der Waals surface area (Å²) in [4.78, 5) is 25.6. The van der Waals surface area contributed by atoms with E-state index in [1.54, 1.807) is 12.1 Å². The zero-order chi connectivity index (χ0) is 26.0. The van der Waals surface area contributed by atoms with Gasteiger partial charge in [0.15, 0.2) is 11.5 Å². The largest absolute Gasteiger partial charge is 0.573 e. The zero-order valence-electron chi connectivity index (χ0n) is 19.0. The topological polar surface area (TPSA) is 116 Å². The van der Waals surface area contributed by atoms with Gasteiger partial charge in [-0.05, 0) is 48.9 Å². The lowest BCUT2D eigenvalue weighted by Gasteiger charge is -2.19. The lowest BCUT2D eigenvalue weighted by atomic mass is 9.88. The Hall–Kier alpha value is -4.35. The minimum Gasteiger partial charge on any atom is -0.507 e. The lowest BCUT2D eigenvalue weighted by molar-refractivity contribution is -0.274. The Morgan fingerprint density at radius 3 is 2.53 bits per heavy atom. The van der Waals surface area contributed by atoms with E-state index < -0.39 is 29.6 Å². The molecule has 2 aromatic carbocycles. The average molecular weight is 507 g/mol. The first-order valence-electron chi connectivity index (χ1n) is 10.5. The normalized spacial score (nSPS) is 13.2. The summed E-state index contributed by atoms with van der Waals surface area (Å²) in [6.45, 7) is 1.44. The molecular weight excluding hydrogens is 487 g/mol. The minimum atomic E-state index is -4.85. The molecule has 1 aliphatic heterocycles. The van der Waals surface area contributed by atoms with Crippen LogP contribution in [0.25, 0.3) is 0 Å². The molecule has 0 aliphatic carbocycles. The van der Waals surface area contributed by atoms with Crippen LogP contribution in [0.2, 0.25) is 0 Å². The van der Waals surface area contributed by atoms with Crippen molar-refractivity contribution in [2.24, 2.45) is 0 Å². The van der Waals surface area contributed by atoms with E-state index in [-0.39, 0.29) is 36.0 Å². The molecule has 0 fully saturated rings. The summed E-state index contributed by atoms with van der Waals surface area (Å²) in [5.41, 5.74) is -0.412. The van der Waals surface area contributed by atoms with Gasteiger partial charge in [-0.1, -0.05) is 0 Å². The van der Waals surface area contributed by atoms with Gasteiger partial charge in [0.25, 0.3) is 0 Å². The summed E-state index contributed by atoms with van der Waals surface area (Å²) in [5.74, 6) is -1.27. The molecule has 2 heterocycles. The number of anilines is 1. The predicted molar refractivity (Wildman–Crippen MR) is 119 cm³/mol. The molecule has 0 unspecified atom stereocenters. The summed E-state index contributed by atoms with van der Waals surface area (Å²) < 4.78 is 62.3. The molecule has 4 rings (SSSR count). The van der Waals surface area contributed by atoms with Gasteiger partial charge in [-0.15, -0.1) is 13.2 Å². The zero-order valence-corrected chi connectivity index (χ0v) is 19.0. The molecule has 0 bridgehead atoms. The first kappa shape index (κ1) is 24.8. The molecule has 2 N–H and O–H groups in total. The fourth-order valence-corrected chi connectivity index (χ4v) is 3.80. The van der Waals surface area contributed by atoms with Gasteiger partial charge in [-0.25, -0.2) is 4.79 Å². The van der Waals surface area contributed by atoms with E-state index in [0.717, 1.165) is 12.1 Å². The minimum absolute atomic E-state index is 0.0493. The Morgan fingerprint density at radius 2 is 1.89 bits per heavy atom. The molecule has 0 spiro atoms. The smallest absolute Gasteiger partial charge is 0.507 e. The van der Waals surface area contributed by atoms with Gasteiger partial charge >= 0.3 is 12.0 Å². The van der Waals surface area contributed by atoms with Crippen LogP contribution >= 0.6 is 0 Å². The van der Waals surface area contributed by atoms with Crippen molar-refractivity contribution >= 4 is 11.6 Å². The standard InChI is InChI=1S/C24H20F3NO8/c1-12-7-17(29)21(23(31)35-12)16(13-8-18(32-2)22-19(9-13)33-11-34-22)10-20(30)28-14-3-5-15(6-4-14)36-24(25,26)27/h3-9,16,29H,10-11H2,1-2H3,(H,28,30)/t16-/m1/s1. The van der Waals surface area contributed by atoms with E-state index in [9.17, 15) is 27.9 Å². The second-order valence-electron chi connectivity index (χ2n) is 7.78. The molecule has 1 amide bonds. The van der Waals surface area contributed by atoms with Crippen LogP contribution in [0.1, 0.15) is 29.2 Å². The maximum atomic E-state index is 12.9. The Bertz CT molecular complexity index is 1330. The Kier molecular flexibility index (Phi) is 6.69. The fourth-order valence-electron chi connectivity index (χ4n) is 3.80. The van der Waals surface area contributed by atoms with Gasteiger partial charge < -0.3 is 33.8 Å². The second-order valence-corrected chi connectivity index (χ2v) is 7.78. The molecule has 1 aromatic heterocycles. The molecule has 0 radical (unpaired) electrons. The number of nitrogens with one attached hydrogen (secondary N) is 1. The van der Waals surface area contributed by atoms with E-state index in [1.807, 2.05) is 0 Å². The highest BCUT2D eigenvalue weighted by molar-refractivity contribution is 5.91. The SMILES string of the molecule is COc1cc([C@@H](CC(=O)Nc2ccc(OC(F)(F)F)cc2)c2c(O)cc(C)oc2=O)cc2c1OCO2. The van der Waals surface area contributed by atoms with E-state index >= 15 is 0 Å². The van der Waals surface area contributed by atoms with Crippen LogP contribution in [-0.4, -0.2) is 31.3 Å². The third-order valence-corrected chi connectivity index (χ3v) is 5.28. The number of hydrogen-bond acceptors (Lipinski definition) is 8. The van der Waals surface area contributed by atoms with Crippen LogP contribution in [0.15, 0.2) is 51.7 Å². The summed E-state index contributed by atoms with van der Waals surface area (Å²) >= 11 is 0. The summed E-state index contributed by atoms with van der Waals surface area (Å²) in [7, 11) is 1.41. The maximum Gasteiger partial charge on any atom is 0.573 e. The number of ether oxygens (including phenoxy) is 4. The van der Waals surface area contributed by atoms with Crippen LogP contribution in [0.3, 0.4) is 0 Å². The van der Waals surface area contributed by atoms with Gasteiger partial charge in [-0.2, -0.15) is 0 Å². The van der Waals surface area contributed by atoms with E-state index in [2.05, 4.69) is 10.1 Å². The first-order chi connectivity index (χ1) is 17.0. The number of carbonyl (C=O) groups is 1. The average Bonchev–Trinajstić information content (AvgIpc) is 3.26. The molecule has 0 saturated carbocycles. The maximum absolute atomic E-state index is 12.9. The van der Waals surface area contributed by atoms with Crippen LogP contribution in [-0.2, 0) is 4.79 Å². The second kappa shape index (κ2) is 9.72. The van der Waals surface area contributed by atoms with E-state index in [0.29, 0.717) is 22.8 Å². The highest BCUT2D eigenvalue weighted by Gasteiger charge is 2.31. The van der Waals surface area contributed by atoms with Gasteiger partial charge in [0.1, 0.15) is 17.3 Å². The molecule has 1 aliphatic rings. The van der Waals surface area contributed by atoms with Crippen LogP contribution < -0.4 is 29.9 Å². The Labute approximate surface area is 202 Å². The molecule has 12 heteroatoms. The van der Waals surface area contributed by atoms with E-state index in [1.165, 1.54) is 32.2 Å². The van der Waals surface area contributed by atoms with Crippen molar-refractivity contribution in [2.45, 2.75) is 25.6 Å². The lowest BCUT2D eigenvalue weighted by Crippen LogP contribution is -2.21. The molecular formula is C24H20F3NO8. The Balaban J connectivity index is 1.65. The summed E-state index contributed by atoms with van der Waals surface area (Å²) in [6.07, 6.45) is -5.19. The number of rotatable bonds is 7. The Morgan fingerprint density at radius 1 is 1.17 bits per heavy atom. The van der Waals surface area contributed by atoms with E-state index in [4.69, 9.17) is 18.6 Å². The molecule has 0 saturated heterocycles. The van der Waals surface area contributed by atoms with Crippen LogP contribution in [0.5, 0.6) is 28.7 Å². The van der Waals surface area contributed by atoms with Gasteiger partial charge in [0.2, 0.25) is 18.4 Å². The van der Waals surface area contributed by atoms with Crippen molar-refractivity contribution in [1.82, 2.24) is 0 Å². The predicted octanol–water partition coefficient (Wildman–Crippen LogP) is 4.45. The highest BCUT2D eigenvalue weighted by Crippen LogP contribution is 2.45. The number of hydrogen-bond donors (Lipinski definition) is 2. The number of aryl methyl sites for hydroxylation is 1. The van der Waals surface area contributed by atoms with Crippen molar-refractivity contribution in [3.63, 3.8) is 0 Å². The molecule has 36 heavy (non-hydrogen) atoms. The quantitative estimate of drug-likeness (QED) is 0.482. The number of fused-ring (bicyclic) bond motifs is 1. The number of carbonyl (C=O) groups excluding carboxylic acids is 1. The van der Waals surface area contributed by atoms with Gasteiger partial charge in [0.05, 0.1) is 12.7 Å². The monoisotopic (exact) mass is 507 g/mol.